The monoisotopic (exact) mass is 233 g/mol. The Hall–Kier alpha value is -0.640. The molecule has 0 aromatic rings. The number of rotatable bonds is 7. The molecule has 0 fully saturated rings. The van der Waals surface area contributed by atoms with E-state index in [1.807, 2.05) is 13.8 Å². The van der Waals surface area contributed by atoms with E-state index in [0.717, 1.165) is 0 Å². The number of sulfonamides is 1. The highest BCUT2D eigenvalue weighted by molar-refractivity contribution is 7.90. The zero-order valence-corrected chi connectivity index (χ0v) is 10.3. The summed E-state index contributed by atoms with van der Waals surface area (Å²) in [6, 6.07) is 2.10. The summed E-state index contributed by atoms with van der Waals surface area (Å²) in [5.41, 5.74) is 0. The standard InChI is InChI=1S/C9H19N3O2S/c1-4-9(7-10)15(13,14)12-6-5-11-8(2)3/h8-9,11-12H,4-6H2,1-3H3. The third kappa shape index (κ3) is 5.72. The lowest BCUT2D eigenvalue weighted by atomic mass is 10.4. The van der Waals surface area contributed by atoms with Gasteiger partial charge in [0.2, 0.25) is 10.0 Å². The first kappa shape index (κ1) is 14.4. The van der Waals surface area contributed by atoms with E-state index in [0.29, 0.717) is 25.6 Å². The minimum Gasteiger partial charge on any atom is -0.313 e. The highest BCUT2D eigenvalue weighted by Crippen LogP contribution is 2.01. The second kappa shape index (κ2) is 6.77. The molecule has 0 saturated carbocycles. The SMILES string of the molecule is CCC(C#N)S(=O)(=O)NCCNC(C)C. The summed E-state index contributed by atoms with van der Waals surface area (Å²) in [5.74, 6) is 0. The Labute approximate surface area is 91.9 Å². The van der Waals surface area contributed by atoms with Crippen molar-refractivity contribution in [3.05, 3.63) is 0 Å². The van der Waals surface area contributed by atoms with Crippen LogP contribution in [-0.2, 0) is 10.0 Å². The smallest absolute Gasteiger partial charge is 0.228 e. The van der Waals surface area contributed by atoms with Gasteiger partial charge in [-0.1, -0.05) is 20.8 Å². The van der Waals surface area contributed by atoms with Crippen LogP contribution in [0, 0.1) is 11.3 Å². The summed E-state index contributed by atoms with van der Waals surface area (Å²) in [7, 11) is -3.47. The third-order valence-electron chi connectivity index (χ3n) is 1.87. The van der Waals surface area contributed by atoms with Crippen LogP contribution in [0.1, 0.15) is 27.2 Å². The molecule has 88 valence electrons. The Morgan fingerprint density at radius 3 is 2.33 bits per heavy atom. The van der Waals surface area contributed by atoms with Crippen molar-refractivity contribution in [2.75, 3.05) is 13.1 Å². The van der Waals surface area contributed by atoms with E-state index in [9.17, 15) is 8.42 Å². The Balaban J connectivity index is 4.01. The molecule has 0 aliphatic heterocycles. The van der Waals surface area contributed by atoms with Crippen molar-refractivity contribution in [1.82, 2.24) is 10.0 Å². The van der Waals surface area contributed by atoms with Crippen LogP contribution in [0.4, 0.5) is 0 Å². The summed E-state index contributed by atoms with van der Waals surface area (Å²) >= 11 is 0. The molecule has 1 unspecified atom stereocenters. The fourth-order valence-electron chi connectivity index (χ4n) is 1.03. The van der Waals surface area contributed by atoms with Gasteiger partial charge in [-0.15, -0.1) is 0 Å². The van der Waals surface area contributed by atoms with Gasteiger partial charge in [-0.3, -0.25) is 0 Å². The molecule has 0 aliphatic carbocycles. The van der Waals surface area contributed by atoms with Crippen molar-refractivity contribution < 1.29 is 8.42 Å². The van der Waals surface area contributed by atoms with Crippen LogP contribution < -0.4 is 10.0 Å². The largest absolute Gasteiger partial charge is 0.313 e. The molecular formula is C9H19N3O2S. The van der Waals surface area contributed by atoms with Gasteiger partial charge in [0.25, 0.3) is 0 Å². The lowest BCUT2D eigenvalue weighted by Gasteiger charge is -2.11. The quantitative estimate of drug-likeness (QED) is 0.616. The summed E-state index contributed by atoms with van der Waals surface area (Å²) < 4.78 is 25.4. The summed E-state index contributed by atoms with van der Waals surface area (Å²) in [6.45, 7) is 6.54. The van der Waals surface area contributed by atoms with Crippen LogP contribution in [0.2, 0.25) is 0 Å². The number of nitrogens with one attached hydrogen (secondary N) is 2. The summed E-state index contributed by atoms with van der Waals surface area (Å²) in [6.07, 6.45) is 0.309. The molecular weight excluding hydrogens is 214 g/mol. The Morgan fingerprint density at radius 1 is 1.33 bits per heavy atom. The number of nitrogens with zero attached hydrogens (tertiary/aromatic N) is 1. The van der Waals surface area contributed by atoms with Crippen molar-refractivity contribution in [3.8, 4) is 6.07 Å². The maximum absolute atomic E-state index is 11.5. The fraction of sp³-hybridized carbons (Fsp3) is 0.889. The molecule has 15 heavy (non-hydrogen) atoms. The van der Waals surface area contributed by atoms with Crippen molar-refractivity contribution in [1.29, 1.82) is 5.26 Å². The Morgan fingerprint density at radius 2 is 1.93 bits per heavy atom. The van der Waals surface area contributed by atoms with E-state index in [4.69, 9.17) is 5.26 Å². The van der Waals surface area contributed by atoms with Crippen molar-refractivity contribution in [3.63, 3.8) is 0 Å². The topological polar surface area (TPSA) is 82.0 Å². The second-order valence-electron chi connectivity index (χ2n) is 3.57. The first-order valence-electron chi connectivity index (χ1n) is 5.05. The van der Waals surface area contributed by atoms with Gasteiger partial charge in [-0.25, -0.2) is 13.1 Å². The second-order valence-corrected chi connectivity index (χ2v) is 5.52. The predicted octanol–water partition coefficient (Wildman–Crippen LogP) is 0.206. The van der Waals surface area contributed by atoms with Gasteiger partial charge in [-0.05, 0) is 6.42 Å². The normalized spacial score (nSPS) is 13.8. The van der Waals surface area contributed by atoms with Crippen molar-refractivity contribution in [2.24, 2.45) is 0 Å². The van der Waals surface area contributed by atoms with E-state index in [2.05, 4.69) is 10.0 Å². The van der Waals surface area contributed by atoms with Gasteiger partial charge in [0.1, 0.15) is 0 Å². The van der Waals surface area contributed by atoms with Crippen LogP contribution in [-0.4, -0.2) is 32.8 Å². The minimum atomic E-state index is -3.47. The van der Waals surface area contributed by atoms with Crippen LogP contribution in [0.5, 0.6) is 0 Å². The molecule has 0 saturated heterocycles. The maximum Gasteiger partial charge on any atom is 0.228 e. The number of hydrogen-bond donors (Lipinski definition) is 2. The molecule has 6 heteroatoms. The summed E-state index contributed by atoms with van der Waals surface area (Å²) in [4.78, 5) is 0. The van der Waals surface area contributed by atoms with E-state index in [-0.39, 0.29) is 0 Å². The number of hydrogen-bond acceptors (Lipinski definition) is 4. The molecule has 0 rings (SSSR count). The lowest BCUT2D eigenvalue weighted by molar-refractivity contribution is 0.554. The third-order valence-corrected chi connectivity index (χ3v) is 3.66. The van der Waals surface area contributed by atoms with Crippen LogP contribution in [0.3, 0.4) is 0 Å². The molecule has 0 bridgehead atoms. The highest BCUT2D eigenvalue weighted by atomic mass is 32.2. The average Bonchev–Trinajstić information content (AvgIpc) is 2.14. The van der Waals surface area contributed by atoms with E-state index < -0.39 is 15.3 Å². The molecule has 0 aromatic heterocycles. The predicted molar refractivity (Wildman–Crippen MR) is 59.8 cm³/mol. The van der Waals surface area contributed by atoms with Crippen LogP contribution in [0.15, 0.2) is 0 Å². The molecule has 0 spiro atoms. The average molecular weight is 233 g/mol. The summed E-state index contributed by atoms with van der Waals surface area (Å²) in [5, 5.41) is 10.8. The van der Waals surface area contributed by atoms with Gasteiger partial charge in [0, 0.05) is 19.1 Å². The first-order chi connectivity index (χ1) is 6.94. The molecule has 0 amide bonds. The lowest BCUT2D eigenvalue weighted by Crippen LogP contribution is -2.38. The fourth-order valence-corrected chi connectivity index (χ4v) is 2.20. The molecule has 0 radical (unpaired) electrons. The van der Waals surface area contributed by atoms with Crippen molar-refractivity contribution >= 4 is 10.0 Å². The Bertz CT molecular complexity index is 306. The van der Waals surface area contributed by atoms with Gasteiger partial charge < -0.3 is 5.32 Å². The van der Waals surface area contributed by atoms with Crippen LogP contribution >= 0.6 is 0 Å². The zero-order valence-electron chi connectivity index (χ0n) is 9.45. The first-order valence-corrected chi connectivity index (χ1v) is 6.60. The van der Waals surface area contributed by atoms with Crippen LogP contribution in [0.25, 0.3) is 0 Å². The van der Waals surface area contributed by atoms with Gasteiger partial charge in [0.15, 0.2) is 5.25 Å². The molecule has 2 N–H and O–H groups in total. The van der Waals surface area contributed by atoms with E-state index in [1.165, 1.54) is 0 Å². The molecule has 0 aromatic carbocycles. The zero-order chi connectivity index (χ0) is 11.9. The van der Waals surface area contributed by atoms with Gasteiger partial charge in [-0.2, -0.15) is 5.26 Å². The Kier molecular flexibility index (Phi) is 6.48. The van der Waals surface area contributed by atoms with E-state index >= 15 is 0 Å². The highest BCUT2D eigenvalue weighted by Gasteiger charge is 2.22. The molecule has 0 aliphatic rings. The molecule has 0 heterocycles. The number of nitriles is 1. The maximum atomic E-state index is 11.5. The van der Waals surface area contributed by atoms with Gasteiger partial charge >= 0.3 is 0 Å². The van der Waals surface area contributed by atoms with E-state index in [1.54, 1.807) is 13.0 Å². The molecule has 5 nitrogen and oxygen atoms in total. The van der Waals surface area contributed by atoms with Gasteiger partial charge in [0.05, 0.1) is 6.07 Å². The molecule has 1 atom stereocenters. The minimum absolute atomic E-state index is 0.309. The van der Waals surface area contributed by atoms with Crippen molar-refractivity contribution in [2.45, 2.75) is 38.5 Å².